The van der Waals surface area contributed by atoms with E-state index in [0.29, 0.717) is 0 Å². The van der Waals surface area contributed by atoms with Crippen molar-refractivity contribution in [2.24, 2.45) is 0 Å². The summed E-state index contributed by atoms with van der Waals surface area (Å²) in [5.41, 5.74) is 1.14. The normalized spacial score (nSPS) is 11.3. The molecule has 0 aliphatic carbocycles. The molecule has 0 fully saturated rings. The number of hydrogen-bond acceptors (Lipinski definition) is 1. The first-order chi connectivity index (χ1) is 3.63. The fourth-order valence-corrected chi connectivity index (χ4v) is 0.338. The average Bonchev–Trinajstić information content (AvgIpc) is 1.61. The molecule has 1 nitrogen and oxygen atoms in total. The van der Waals surface area contributed by atoms with Crippen LogP contribution in [0.5, 0.6) is 0 Å². The van der Waals surface area contributed by atoms with Crippen molar-refractivity contribution < 1.29 is 18.9 Å². The van der Waals surface area contributed by atoms with Crippen LogP contribution in [0.1, 0.15) is 6.92 Å². The summed E-state index contributed by atoms with van der Waals surface area (Å²) in [5.74, 6) is 0. The van der Waals surface area contributed by atoms with Crippen molar-refractivity contribution in [2.45, 2.75) is 6.92 Å². The quantitative estimate of drug-likeness (QED) is 0.310. The van der Waals surface area contributed by atoms with Crippen molar-refractivity contribution in [1.29, 1.82) is 0 Å². The van der Waals surface area contributed by atoms with Gasteiger partial charge in [0.15, 0.2) is 0 Å². The van der Waals surface area contributed by atoms with Gasteiger partial charge >= 0.3 is 18.9 Å². The van der Waals surface area contributed by atoms with E-state index in [2.05, 4.69) is 17.9 Å². The second-order valence-electron chi connectivity index (χ2n) is 2.31. The van der Waals surface area contributed by atoms with Crippen molar-refractivity contribution in [3.63, 3.8) is 0 Å². The molecule has 48 valence electrons. The Morgan fingerprint density at radius 1 is 1.56 bits per heavy atom. The van der Waals surface area contributed by atoms with E-state index in [1.54, 1.807) is 0 Å². The van der Waals surface area contributed by atoms with E-state index in [-0.39, 0.29) is 18.9 Å². The molecule has 0 saturated heterocycles. The molecule has 0 aromatic carbocycles. The molecule has 0 aliphatic heterocycles. The fourth-order valence-electron chi connectivity index (χ4n) is 0.338. The monoisotopic (exact) mass is 119 g/mol. The largest absolute Gasteiger partial charge is 1.00 e. The standard InChI is InChI=1S/C7H14N.Li/c1-7(2)5-6-8(3)4;/h5H,1,6H2,2-4H3;/q-1;+1. The molecule has 0 radical (unpaired) electrons. The first kappa shape index (κ1) is 11.9. The Morgan fingerprint density at radius 3 is 2.11 bits per heavy atom. The Kier molecular flexibility index (Phi) is 8.32. The van der Waals surface area contributed by atoms with Crippen LogP contribution in [0, 0.1) is 6.92 Å². The van der Waals surface area contributed by atoms with Crippen LogP contribution in [0.3, 0.4) is 0 Å². The summed E-state index contributed by atoms with van der Waals surface area (Å²) in [5, 5.41) is 0. The average molecular weight is 119 g/mol. The third kappa shape index (κ3) is 11.6. The summed E-state index contributed by atoms with van der Waals surface area (Å²) in [7, 11) is 4.08. The fraction of sp³-hybridized carbons (Fsp3) is 0.571. The number of nitrogens with zero attached hydrogens (tertiary/aromatic N) is 1. The molecule has 0 aromatic rings. The summed E-state index contributed by atoms with van der Waals surface area (Å²) in [6, 6.07) is 0. The molecule has 0 rings (SSSR count). The topological polar surface area (TPSA) is 3.24 Å². The van der Waals surface area contributed by atoms with Crippen LogP contribution in [0.2, 0.25) is 0 Å². The zero-order valence-corrected chi connectivity index (χ0v) is 6.94. The van der Waals surface area contributed by atoms with Gasteiger partial charge in [-0.05, 0) is 20.6 Å². The molecule has 0 spiro atoms. The van der Waals surface area contributed by atoms with Crippen LogP contribution in [0.25, 0.3) is 0 Å². The Bertz CT molecular complexity index is 82.9. The summed E-state index contributed by atoms with van der Waals surface area (Å²) < 4.78 is 0. The maximum absolute atomic E-state index is 3.74. The molecular formula is C7H14LiN. The molecule has 2 heteroatoms. The van der Waals surface area contributed by atoms with Gasteiger partial charge in [-0.15, -0.1) is 0 Å². The van der Waals surface area contributed by atoms with Gasteiger partial charge in [-0.2, -0.15) is 0 Å². The van der Waals surface area contributed by atoms with Gasteiger partial charge in [0, 0.05) is 0 Å². The number of allylic oxidation sites excluding steroid dienone is 1. The number of likely N-dealkylation sites (N-methyl/N-ethyl adjacent to an activating group) is 1. The molecule has 9 heavy (non-hydrogen) atoms. The van der Waals surface area contributed by atoms with Crippen LogP contribution in [0.4, 0.5) is 0 Å². The van der Waals surface area contributed by atoms with Gasteiger partial charge in [0.2, 0.25) is 0 Å². The summed E-state index contributed by atoms with van der Waals surface area (Å²) >= 11 is 0. The van der Waals surface area contributed by atoms with Gasteiger partial charge < -0.3 is 4.90 Å². The van der Waals surface area contributed by atoms with Crippen molar-refractivity contribution in [2.75, 3.05) is 20.6 Å². The first-order valence-electron chi connectivity index (χ1n) is 2.76. The van der Waals surface area contributed by atoms with E-state index in [9.17, 15) is 0 Å². The minimum atomic E-state index is 0. The van der Waals surface area contributed by atoms with Crippen molar-refractivity contribution >= 4 is 0 Å². The summed E-state index contributed by atoms with van der Waals surface area (Å²) in [4.78, 5) is 2.11. The van der Waals surface area contributed by atoms with Gasteiger partial charge in [-0.3, -0.25) is 0 Å². The zero-order valence-electron chi connectivity index (χ0n) is 6.94. The second kappa shape index (κ2) is 6.29. The van der Waals surface area contributed by atoms with Crippen LogP contribution in [-0.4, -0.2) is 25.5 Å². The van der Waals surface area contributed by atoms with E-state index in [1.807, 2.05) is 21.0 Å². The van der Waals surface area contributed by atoms with Crippen molar-refractivity contribution in [3.8, 4) is 0 Å². The molecule has 0 N–H and O–H groups in total. The Morgan fingerprint density at radius 2 is 2.00 bits per heavy atom. The third-order valence-electron chi connectivity index (χ3n) is 0.805. The van der Waals surface area contributed by atoms with Gasteiger partial charge in [-0.1, -0.05) is 6.92 Å². The summed E-state index contributed by atoms with van der Waals surface area (Å²) in [6.45, 7) is 6.74. The zero-order chi connectivity index (χ0) is 6.57. The SMILES string of the molecule is [CH2-]C(C)=CCN(C)C.[Li+]. The van der Waals surface area contributed by atoms with E-state index in [0.717, 1.165) is 12.1 Å². The molecule has 0 bridgehead atoms. The Balaban J connectivity index is 0. The Hall–Kier alpha value is 0.167. The van der Waals surface area contributed by atoms with Gasteiger partial charge in [0.1, 0.15) is 0 Å². The molecule has 0 aromatic heterocycles. The van der Waals surface area contributed by atoms with Crippen LogP contribution < -0.4 is 18.9 Å². The third-order valence-corrected chi connectivity index (χ3v) is 0.805. The Labute approximate surface area is 70.3 Å². The predicted molar refractivity (Wildman–Crippen MR) is 37.7 cm³/mol. The predicted octanol–water partition coefficient (Wildman–Crippen LogP) is -1.67. The molecule has 0 unspecified atom stereocenters. The van der Waals surface area contributed by atoms with E-state index >= 15 is 0 Å². The molecule has 0 heterocycles. The smallest absolute Gasteiger partial charge is 0.322 e. The maximum Gasteiger partial charge on any atom is 1.00 e. The molecule has 0 atom stereocenters. The van der Waals surface area contributed by atoms with Gasteiger partial charge in [0.25, 0.3) is 0 Å². The van der Waals surface area contributed by atoms with E-state index in [4.69, 9.17) is 0 Å². The van der Waals surface area contributed by atoms with E-state index < -0.39 is 0 Å². The van der Waals surface area contributed by atoms with Gasteiger partial charge in [-0.25, -0.2) is 18.6 Å². The second-order valence-corrected chi connectivity index (χ2v) is 2.31. The van der Waals surface area contributed by atoms with Crippen molar-refractivity contribution in [3.05, 3.63) is 18.6 Å². The molecule has 0 saturated carbocycles. The molecular weight excluding hydrogens is 105 g/mol. The summed E-state index contributed by atoms with van der Waals surface area (Å²) in [6.07, 6.45) is 2.10. The number of hydrogen-bond donors (Lipinski definition) is 0. The first-order valence-corrected chi connectivity index (χ1v) is 2.76. The van der Waals surface area contributed by atoms with Crippen LogP contribution in [-0.2, 0) is 0 Å². The molecule has 0 amide bonds. The van der Waals surface area contributed by atoms with E-state index in [1.165, 1.54) is 0 Å². The van der Waals surface area contributed by atoms with Crippen LogP contribution >= 0.6 is 0 Å². The minimum absolute atomic E-state index is 0. The molecule has 0 aliphatic rings. The van der Waals surface area contributed by atoms with Crippen molar-refractivity contribution in [1.82, 2.24) is 4.90 Å². The minimum Gasteiger partial charge on any atom is -0.322 e. The maximum atomic E-state index is 3.74. The van der Waals surface area contributed by atoms with Gasteiger partial charge in [0.05, 0.1) is 0 Å². The van der Waals surface area contributed by atoms with Crippen LogP contribution in [0.15, 0.2) is 11.6 Å². The number of rotatable bonds is 2.